The molecule has 0 radical (unpaired) electrons. The predicted molar refractivity (Wildman–Crippen MR) is 105 cm³/mol. The maximum absolute atomic E-state index is 12.8. The Balaban J connectivity index is 1.69. The molecule has 150 valence electrons. The smallest absolute Gasteiger partial charge is 0.269 e. The van der Waals surface area contributed by atoms with Gasteiger partial charge in [-0.05, 0) is 38.2 Å². The SMILES string of the molecule is CCNC(=O)[C@@H]1C[C@H](NC(=O)c2cc(C(C)C)nn2C)CN1C1CCCC1. The Bertz CT molecular complexity index is 678. The Hall–Kier alpha value is -1.89. The Morgan fingerprint density at radius 1 is 1.30 bits per heavy atom. The zero-order chi connectivity index (χ0) is 19.6. The number of aryl methyl sites for hydroxylation is 1. The summed E-state index contributed by atoms with van der Waals surface area (Å²) in [5.74, 6) is 0.262. The summed E-state index contributed by atoms with van der Waals surface area (Å²) in [5, 5.41) is 10.5. The fraction of sp³-hybridized carbons (Fsp3) is 0.750. The van der Waals surface area contributed by atoms with Gasteiger partial charge in [0.05, 0.1) is 11.7 Å². The van der Waals surface area contributed by atoms with Gasteiger partial charge >= 0.3 is 0 Å². The lowest BCUT2D eigenvalue weighted by molar-refractivity contribution is -0.126. The highest BCUT2D eigenvalue weighted by atomic mass is 16.2. The van der Waals surface area contributed by atoms with Gasteiger partial charge in [-0.3, -0.25) is 19.2 Å². The standard InChI is InChI=1S/C20H33N5O2/c1-5-21-19(26)18-10-14(12-25(18)15-8-6-7-9-15)22-20(27)17-11-16(13(2)3)23-24(17)4/h11,13-15,18H,5-10,12H2,1-4H3,(H,21,26)(H,22,27)/t14-,18-/m0/s1. The number of carbonyl (C=O) groups excluding carboxylic acids is 2. The molecule has 2 aliphatic rings. The molecule has 2 atom stereocenters. The van der Waals surface area contributed by atoms with Crippen LogP contribution in [0.2, 0.25) is 0 Å². The molecule has 7 heteroatoms. The molecule has 0 spiro atoms. The van der Waals surface area contributed by atoms with Gasteiger partial charge < -0.3 is 10.6 Å². The first-order valence-electron chi connectivity index (χ1n) is 10.3. The summed E-state index contributed by atoms with van der Waals surface area (Å²) < 4.78 is 1.65. The number of aromatic nitrogens is 2. The van der Waals surface area contributed by atoms with Crippen molar-refractivity contribution in [1.82, 2.24) is 25.3 Å². The van der Waals surface area contributed by atoms with Gasteiger partial charge in [0, 0.05) is 32.2 Å². The lowest BCUT2D eigenvalue weighted by Crippen LogP contribution is -2.47. The average Bonchev–Trinajstić information content (AvgIpc) is 3.33. The van der Waals surface area contributed by atoms with Gasteiger partial charge in [-0.25, -0.2) is 0 Å². The van der Waals surface area contributed by atoms with E-state index >= 15 is 0 Å². The number of nitrogens with one attached hydrogen (secondary N) is 2. The van der Waals surface area contributed by atoms with Crippen LogP contribution in [0.5, 0.6) is 0 Å². The Morgan fingerprint density at radius 3 is 2.59 bits per heavy atom. The van der Waals surface area contributed by atoms with E-state index in [0.717, 1.165) is 25.1 Å². The van der Waals surface area contributed by atoms with E-state index in [2.05, 4.69) is 34.5 Å². The Morgan fingerprint density at radius 2 is 2.00 bits per heavy atom. The number of carbonyl (C=O) groups is 2. The monoisotopic (exact) mass is 375 g/mol. The molecule has 0 aromatic carbocycles. The van der Waals surface area contributed by atoms with Crippen molar-refractivity contribution in [2.45, 2.75) is 76.9 Å². The van der Waals surface area contributed by atoms with Gasteiger partial charge in [0.1, 0.15) is 5.69 Å². The number of hydrogen-bond donors (Lipinski definition) is 2. The van der Waals surface area contributed by atoms with Crippen molar-refractivity contribution < 1.29 is 9.59 Å². The molecule has 27 heavy (non-hydrogen) atoms. The van der Waals surface area contributed by atoms with Crippen LogP contribution in [0, 0.1) is 0 Å². The Labute approximate surface area is 161 Å². The molecule has 2 N–H and O–H groups in total. The zero-order valence-electron chi connectivity index (χ0n) is 17.0. The van der Waals surface area contributed by atoms with Crippen LogP contribution < -0.4 is 10.6 Å². The van der Waals surface area contributed by atoms with Crippen LogP contribution in [-0.4, -0.2) is 57.7 Å². The van der Waals surface area contributed by atoms with Crippen molar-refractivity contribution in [2.75, 3.05) is 13.1 Å². The second kappa shape index (κ2) is 8.42. The van der Waals surface area contributed by atoms with Crippen molar-refractivity contribution in [3.63, 3.8) is 0 Å². The van der Waals surface area contributed by atoms with Gasteiger partial charge in [0.15, 0.2) is 0 Å². The molecule has 1 aliphatic heterocycles. The third-order valence-corrected chi connectivity index (χ3v) is 5.84. The minimum absolute atomic E-state index is 0.0110. The highest BCUT2D eigenvalue weighted by molar-refractivity contribution is 5.93. The summed E-state index contributed by atoms with van der Waals surface area (Å²) in [6.07, 6.45) is 5.43. The van der Waals surface area contributed by atoms with Gasteiger partial charge in [-0.2, -0.15) is 5.10 Å². The van der Waals surface area contributed by atoms with E-state index in [4.69, 9.17) is 0 Å². The molecule has 0 bridgehead atoms. The van der Waals surface area contributed by atoms with Crippen LogP contribution in [-0.2, 0) is 11.8 Å². The van der Waals surface area contributed by atoms with Crippen LogP contribution in [0.1, 0.15) is 75.0 Å². The third-order valence-electron chi connectivity index (χ3n) is 5.84. The van der Waals surface area contributed by atoms with Crippen molar-refractivity contribution in [3.05, 3.63) is 17.5 Å². The van der Waals surface area contributed by atoms with Crippen molar-refractivity contribution in [3.8, 4) is 0 Å². The molecular formula is C20H33N5O2. The number of rotatable bonds is 6. The van der Waals surface area contributed by atoms with E-state index in [1.165, 1.54) is 12.8 Å². The molecule has 0 unspecified atom stereocenters. The summed E-state index contributed by atoms with van der Waals surface area (Å²) in [5.41, 5.74) is 1.49. The van der Waals surface area contributed by atoms with E-state index in [1.54, 1.807) is 11.7 Å². The molecule has 2 fully saturated rings. The number of likely N-dealkylation sites (N-methyl/N-ethyl adjacent to an activating group) is 1. The van der Waals surface area contributed by atoms with E-state index in [9.17, 15) is 9.59 Å². The first-order chi connectivity index (χ1) is 12.9. The average molecular weight is 376 g/mol. The third kappa shape index (κ3) is 4.34. The number of likely N-dealkylation sites (tertiary alicyclic amines) is 1. The van der Waals surface area contributed by atoms with Crippen molar-refractivity contribution in [1.29, 1.82) is 0 Å². The first kappa shape index (κ1) is 19.9. The van der Waals surface area contributed by atoms with Gasteiger partial charge in [-0.15, -0.1) is 0 Å². The first-order valence-corrected chi connectivity index (χ1v) is 10.3. The van der Waals surface area contributed by atoms with Gasteiger partial charge in [0.2, 0.25) is 5.91 Å². The highest BCUT2D eigenvalue weighted by Gasteiger charge is 2.41. The minimum atomic E-state index is -0.142. The Kier molecular flexibility index (Phi) is 6.19. The molecule has 2 heterocycles. The molecule has 1 aromatic heterocycles. The fourth-order valence-electron chi connectivity index (χ4n) is 4.40. The topological polar surface area (TPSA) is 79.3 Å². The van der Waals surface area contributed by atoms with Gasteiger partial charge in [-0.1, -0.05) is 26.7 Å². The summed E-state index contributed by atoms with van der Waals surface area (Å²) in [6.45, 7) is 7.46. The second-order valence-electron chi connectivity index (χ2n) is 8.18. The van der Waals surface area contributed by atoms with Crippen molar-refractivity contribution >= 4 is 11.8 Å². The zero-order valence-corrected chi connectivity index (χ0v) is 17.0. The van der Waals surface area contributed by atoms with E-state index in [0.29, 0.717) is 24.7 Å². The summed E-state index contributed by atoms with van der Waals surface area (Å²) >= 11 is 0. The molecule has 7 nitrogen and oxygen atoms in total. The highest BCUT2D eigenvalue weighted by Crippen LogP contribution is 2.30. The second-order valence-corrected chi connectivity index (χ2v) is 8.18. The molecule has 1 aromatic rings. The van der Waals surface area contributed by atoms with Gasteiger partial charge in [0.25, 0.3) is 5.91 Å². The van der Waals surface area contributed by atoms with Crippen molar-refractivity contribution in [2.24, 2.45) is 7.05 Å². The number of nitrogens with zero attached hydrogens (tertiary/aromatic N) is 3. The van der Waals surface area contributed by atoms with Crippen LogP contribution in [0.4, 0.5) is 0 Å². The molecule has 2 amide bonds. The summed E-state index contributed by atoms with van der Waals surface area (Å²) in [6, 6.07) is 2.17. The molecular weight excluding hydrogens is 342 g/mol. The number of amides is 2. The maximum atomic E-state index is 12.8. The van der Waals surface area contributed by atoms with Crippen LogP contribution in [0.3, 0.4) is 0 Å². The normalized spacial score (nSPS) is 23.9. The predicted octanol–water partition coefficient (Wildman–Crippen LogP) is 1.79. The quantitative estimate of drug-likeness (QED) is 0.795. The maximum Gasteiger partial charge on any atom is 0.269 e. The van der Waals surface area contributed by atoms with Crippen LogP contribution in [0.25, 0.3) is 0 Å². The molecule has 1 saturated carbocycles. The minimum Gasteiger partial charge on any atom is -0.355 e. The van der Waals surface area contributed by atoms with E-state index in [-0.39, 0.29) is 29.8 Å². The summed E-state index contributed by atoms with van der Waals surface area (Å²) in [4.78, 5) is 27.7. The lowest BCUT2D eigenvalue weighted by Gasteiger charge is -2.29. The van der Waals surface area contributed by atoms with Crippen LogP contribution in [0.15, 0.2) is 6.07 Å². The largest absolute Gasteiger partial charge is 0.355 e. The molecule has 3 rings (SSSR count). The van der Waals surface area contributed by atoms with E-state index in [1.807, 2.05) is 13.0 Å². The van der Waals surface area contributed by atoms with Crippen LogP contribution >= 0.6 is 0 Å². The summed E-state index contributed by atoms with van der Waals surface area (Å²) in [7, 11) is 1.80. The molecule has 1 saturated heterocycles. The number of hydrogen-bond acceptors (Lipinski definition) is 4. The fourth-order valence-corrected chi connectivity index (χ4v) is 4.40. The van der Waals surface area contributed by atoms with E-state index < -0.39 is 0 Å². The molecule has 1 aliphatic carbocycles. The lowest BCUT2D eigenvalue weighted by atomic mass is 10.1.